The van der Waals surface area contributed by atoms with Crippen LogP contribution in [0.2, 0.25) is 0 Å². The largest absolute Gasteiger partial charge is 0.872 e. The van der Waals surface area contributed by atoms with Crippen LogP contribution in [0.3, 0.4) is 0 Å². The Kier molecular flexibility index (Phi) is 8.31. The van der Waals surface area contributed by atoms with Gasteiger partial charge in [-0.3, -0.25) is 4.79 Å². The average Bonchev–Trinajstić information content (AvgIpc) is 2.38. The summed E-state index contributed by atoms with van der Waals surface area (Å²) in [5.41, 5.74) is 0.240. The van der Waals surface area contributed by atoms with E-state index < -0.39 is 17.5 Å². The Bertz CT molecular complexity index is 527. The second-order valence-corrected chi connectivity index (χ2v) is 4.39. The topological polar surface area (TPSA) is 75.7 Å². The van der Waals surface area contributed by atoms with E-state index in [0.717, 1.165) is 0 Å². The molecule has 0 aliphatic heterocycles. The van der Waals surface area contributed by atoms with Gasteiger partial charge in [-0.2, -0.15) is 0 Å². The SMILES string of the molecule is CCOC(=O)C(=O)C=C([O-])c1cc(Br)cc(OC)c1.[Li]. The van der Waals surface area contributed by atoms with E-state index in [2.05, 4.69) is 20.7 Å². The number of hydrogen-bond acceptors (Lipinski definition) is 5. The van der Waals surface area contributed by atoms with Gasteiger partial charge in [0.2, 0.25) is 0 Å². The molecule has 0 atom stereocenters. The summed E-state index contributed by atoms with van der Waals surface area (Å²) in [6.07, 6.45) is 0.708. The van der Waals surface area contributed by atoms with Crippen molar-refractivity contribution in [2.75, 3.05) is 13.7 Å². The normalized spacial score (nSPS) is 10.4. The average molecular weight is 335 g/mol. The van der Waals surface area contributed by atoms with Gasteiger partial charge in [0, 0.05) is 23.3 Å². The second-order valence-electron chi connectivity index (χ2n) is 3.47. The molecule has 1 aromatic carbocycles. The first kappa shape index (κ1) is 18.8. The van der Waals surface area contributed by atoms with Crippen molar-refractivity contribution in [3.63, 3.8) is 0 Å². The van der Waals surface area contributed by atoms with Crippen molar-refractivity contribution in [1.82, 2.24) is 0 Å². The molecule has 0 spiro atoms. The van der Waals surface area contributed by atoms with Crippen molar-refractivity contribution >= 4 is 52.3 Å². The summed E-state index contributed by atoms with van der Waals surface area (Å²) in [6, 6.07) is 4.67. The summed E-state index contributed by atoms with van der Waals surface area (Å²) >= 11 is 3.22. The van der Waals surface area contributed by atoms with Crippen LogP contribution in [0.5, 0.6) is 5.75 Å². The Morgan fingerprint density at radius 1 is 1.35 bits per heavy atom. The number of carbonyl (C=O) groups excluding carboxylic acids is 2. The van der Waals surface area contributed by atoms with E-state index >= 15 is 0 Å². The molecular formula is C13H12BrLiO5-. The van der Waals surface area contributed by atoms with E-state index in [0.29, 0.717) is 16.3 Å². The Morgan fingerprint density at radius 3 is 2.55 bits per heavy atom. The van der Waals surface area contributed by atoms with E-state index in [1.54, 1.807) is 13.0 Å². The molecule has 0 heterocycles. The minimum atomic E-state index is -1.04. The molecule has 20 heavy (non-hydrogen) atoms. The van der Waals surface area contributed by atoms with Crippen molar-refractivity contribution in [3.05, 3.63) is 34.3 Å². The number of methoxy groups -OCH3 is 1. The fourth-order valence-electron chi connectivity index (χ4n) is 1.29. The molecule has 0 unspecified atom stereocenters. The van der Waals surface area contributed by atoms with Gasteiger partial charge in [-0.15, -0.1) is 0 Å². The van der Waals surface area contributed by atoms with Gasteiger partial charge in [-0.1, -0.05) is 21.7 Å². The quantitative estimate of drug-likeness (QED) is 0.263. The van der Waals surface area contributed by atoms with Crippen LogP contribution in [0.1, 0.15) is 12.5 Å². The standard InChI is InChI=1S/C13H13BrO5.Li/c1-3-19-13(17)12(16)7-11(15)8-4-9(14)6-10(5-8)18-2;/h4-7,15H,3H2,1-2H3;/p-1. The molecule has 0 bridgehead atoms. The van der Waals surface area contributed by atoms with Crippen molar-refractivity contribution in [2.45, 2.75) is 6.92 Å². The first-order valence-corrected chi connectivity index (χ1v) is 6.22. The molecule has 1 radical (unpaired) electrons. The molecule has 1 rings (SSSR count). The molecule has 0 N–H and O–H groups in total. The third kappa shape index (κ3) is 5.41. The molecular weight excluding hydrogens is 323 g/mol. The van der Waals surface area contributed by atoms with E-state index in [1.165, 1.54) is 19.2 Å². The number of benzene rings is 1. The third-order valence-electron chi connectivity index (χ3n) is 2.13. The van der Waals surface area contributed by atoms with E-state index in [9.17, 15) is 14.7 Å². The molecule has 0 aromatic heterocycles. The summed E-state index contributed by atoms with van der Waals surface area (Å²) < 4.78 is 10.1. The first-order chi connectivity index (χ1) is 8.97. The molecule has 0 saturated heterocycles. The van der Waals surface area contributed by atoms with E-state index in [1.807, 2.05) is 0 Å². The molecule has 103 valence electrons. The van der Waals surface area contributed by atoms with Gasteiger partial charge in [0.25, 0.3) is 5.78 Å². The second kappa shape index (κ2) is 8.85. The Hall–Kier alpha value is -1.22. The Balaban J connectivity index is 0.00000361. The zero-order valence-electron chi connectivity index (χ0n) is 11.4. The summed E-state index contributed by atoms with van der Waals surface area (Å²) in [5, 5.41) is 11.8. The fraction of sp³-hybridized carbons (Fsp3) is 0.231. The van der Waals surface area contributed by atoms with E-state index in [-0.39, 0.29) is 31.0 Å². The van der Waals surface area contributed by atoms with Gasteiger partial charge in [0.05, 0.1) is 13.7 Å². The fourth-order valence-corrected chi connectivity index (χ4v) is 1.76. The number of carbonyl (C=O) groups is 2. The number of halogens is 1. The maximum atomic E-state index is 11.8. The van der Waals surface area contributed by atoms with Crippen molar-refractivity contribution in [2.24, 2.45) is 0 Å². The minimum Gasteiger partial charge on any atom is -0.872 e. The predicted octanol–water partition coefficient (Wildman–Crippen LogP) is 0.910. The van der Waals surface area contributed by atoms with Crippen LogP contribution in [0.4, 0.5) is 0 Å². The van der Waals surface area contributed by atoms with Crippen LogP contribution in [0, 0.1) is 0 Å². The number of ether oxygens (including phenoxy) is 2. The van der Waals surface area contributed by atoms with Crippen LogP contribution in [-0.2, 0) is 14.3 Å². The van der Waals surface area contributed by atoms with Gasteiger partial charge >= 0.3 is 5.97 Å². The predicted molar refractivity (Wildman–Crippen MR) is 76.1 cm³/mol. The number of ketones is 1. The number of hydrogen-bond donors (Lipinski definition) is 0. The molecule has 0 fully saturated rings. The van der Waals surface area contributed by atoms with Crippen LogP contribution in [0.25, 0.3) is 5.76 Å². The smallest absolute Gasteiger partial charge is 0.378 e. The molecule has 0 aliphatic carbocycles. The summed E-state index contributed by atoms with van der Waals surface area (Å²) in [7, 11) is 1.46. The van der Waals surface area contributed by atoms with Crippen molar-refractivity contribution in [1.29, 1.82) is 0 Å². The Morgan fingerprint density at radius 2 is 2.00 bits per heavy atom. The van der Waals surface area contributed by atoms with Crippen molar-refractivity contribution in [3.8, 4) is 5.75 Å². The van der Waals surface area contributed by atoms with Crippen LogP contribution >= 0.6 is 15.9 Å². The van der Waals surface area contributed by atoms with Gasteiger partial charge in [0.15, 0.2) is 0 Å². The molecule has 0 amide bonds. The Labute approximate surface area is 137 Å². The minimum absolute atomic E-state index is 0. The van der Waals surface area contributed by atoms with Crippen LogP contribution < -0.4 is 9.84 Å². The summed E-state index contributed by atoms with van der Waals surface area (Å²) in [5.74, 6) is -2.14. The number of rotatable bonds is 5. The molecule has 5 nitrogen and oxygen atoms in total. The van der Waals surface area contributed by atoms with Gasteiger partial charge < -0.3 is 14.6 Å². The molecule has 0 saturated carbocycles. The van der Waals surface area contributed by atoms with Crippen LogP contribution in [-0.4, -0.2) is 44.3 Å². The van der Waals surface area contributed by atoms with Gasteiger partial charge in [0.1, 0.15) is 5.75 Å². The molecule has 0 aliphatic rings. The monoisotopic (exact) mass is 334 g/mol. The maximum Gasteiger partial charge on any atom is 0.378 e. The zero-order valence-corrected chi connectivity index (χ0v) is 13.0. The number of esters is 1. The van der Waals surface area contributed by atoms with E-state index in [4.69, 9.17) is 4.74 Å². The maximum absolute atomic E-state index is 11.8. The van der Waals surface area contributed by atoms with Gasteiger partial charge in [-0.05, 0) is 36.8 Å². The van der Waals surface area contributed by atoms with Crippen LogP contribution in [0.15, 0.2) is 28.7 Å². The zero-order chi connectivity index (χ0) is 14.4. The first-order valence-electron chi connectivity index (χ1n) is 5.42. The molecule has 7 heteroatoms. The third-order valence-corrected chi connectivity index (χ3v) is 2.59. The van der Waals surface area contributed by atoms with Gasteiger partial charge in [-0.25, -0.2) is 4.79 Å². The van der Waals surface area contributed by atoms with Crippen molar-refractivity contribution < 1.29 is 24.2 Å². The summed E-state index contributed by atoms with van der Waals surface area (Å²) in [4.78, 5) is 22.5. The summed E-state index contributed by atoms with van der Waals surface area (Å²) in [6.45, 7) is 1.66. The molecule has 1 aromatic rings.